The van der Waals surface area contributed by atoms with Gasteiger partial charge < -0.3 is 9.94 Å². The van der Waals surface area contributed by atoms with Crippen molar-refractivity contribution < 1.29 is 9.94 Å². The van der Waals surface area contributed by atoms with Gasteiger partial charge in [-0.15, -0.1) is 0 Å². The fourth-order valence-electron chi connectivity index (χ4n) is 1.50. The van der Waals surface area contributed by atoms with Gasteiger partial charge in [0.25, 0.3) is 0 Å². The van der Waals surface area contributed by atoms with Crippen molar-refractivity contribution >= 4 is 5.71 Å². The van der Waals surface area contributed by atoms with Crippen LogP contribution in [0.4, 0.5) is 0 Å². The topological polar surface area (TPSA) is 41.8 Å². The van der Waals surface area contributed by atoms with E-state index in [2.05, 4.69) is 12.1 Å². The van der Waals surface area contributed by atoms with Gasteiger partial charge in [-0.3, -0.25) is 0 Å². The van der Waals surface area contributed by atoms with Crippen molar-refractivity contribution in [3.8, 4) is 5.75 Å². The van der Waals surface area contributed by atoms with Crippen molar-refractivity contribution in [2.75, 3.05) is 6.61 Å². The van der Waals surface area contributed by atoms with Gasteiger partial charge in [-0.2, -0.15) is 0 Å². The maximum atomic E-state index is 8.81. The van der Waals surface area contributed by atoms with Crippen LogP contribution in [0.2, 0.25) is 0 Å². The van der Waals surface area contributed by atoms with Crippen LogP contribution in [0.1, 0.15) is 37.8 Å². The normalized spacial score (nSPS) is 11.6. The first-order valence-corrected chi connectivity index (χ1v) is 5.62. The zero-order valence-electron chi connectivity index (χ0n) is 10.2. The Kier molecular flexibility index (Phi) is 4.83. The lowest BCUT2D eigenvalue weighted by Crippen LogP contribution is -2.05. The number of para-hydroxylation sites is 1. The first-order valence-electron chi connectivity index (χ1n) is 5.62. The molecule has 3 heteroatoms. The van der Waals surface area contributed by atoms with E-state index in [0.717, 1.165) is 29.7 Å². The maximum absolute atomic E-state index is 8.81. The van der Waals surface area contributed by atoms with Crippen LogP contribution in [-0.2, 0) is 0 Å². The highest BCUT2D eigenvalue weighted by Gasteiger charge is 2.09. The smallest absolute Gasteiger partial charge is 0.131 e. The Hall–Kier alpha value is -1.51. The third-order valence-corrected chi connectivity index (χ3v) is 2.50. The van der Waals surface area contributed by atoms with Gasteiger partial charge in [0.15, 0.2) is 0 Å². The Morgan fingerprint density at radius 3 is 2.81 bits per heavy atom. The molecule has 1 aromatic rings. The quantitative estimate of drug-likeness (QED) is 0.358. The number of nitrogens with zero attached hydrogens (tertiary/aromatic N) is 1. The lowest BCUT2D eigenvalue weighted by atomic mass is 10.1. The van der Waals surface area contributed by atoms with Crippen molar-refractivity contribution in [1.82, 2.24) is 0 Å². The van der Waals surface area contributed by atoms with Gasteiger partial charge in [0.05, 0.1) is 12.3 Å². The molecule has 0 spiro atoms. The molecule has 0 atom stereocenters. The highest BCUT2D eigenvalue weighted by atomic mass is 16.5. The fourth-order valence-corrected chi connectivity index (χ4v) is 1.50. The standard InChI is InChI=1S/C13H19NO2/c1-4-5-9-16-13-10(2)7-6-8-12(13)11(3)14-15/h6-8,15H,4-5,9H2,1-3H3/b14-11+. The third-order valence-electron chi connectivity index (χ3n) is 2.50. The summed E-state index contributed by atoms with van der Waals surface area (Å²) in [6, 6.07) is 5.84. The number of hydrogen-bond acceptors (Lipinski definition) is 3. The molecule has 0 saturated carbocycles. The average molecular weight is 221 g/mol. The number of oxime groups is 1. The molecule has 0 heterocycles. The summed E-state index contributed by atoms with van der Waals surface area (Å²) in [7, 11) is 0. The molecule has 0 amide bonds. The molecule has 0 radical (unpaired) electrons. The molecule has 0 aliphatic rings. The van der Waals surface area contributed by atoms with Crippen molar-refractivity contribution in [1.29, 1.82) is 0 Å². The van der Waals surface area contributed by atoms with E-state index in [0.29, 0.717) is 12.3 Å². The minimum absolute atomic E-state index is 0.579. The van der Waals surface area contributed by atoms with Crippen LogP contribution in [0.25, 0.3) is 0 Å². The Labute approximate surface area is 96.7 Å². The third kappa shape index (κ3) is 2.99. The van der Waals surface area contributed by atoms with E-state index in [-0.39, 0.29) is 0 Å². The molecule has 16 heavy (non-hydrogen) atoms. The highest BCUT2D eigenvalue weighted by Crippen LogP contribution is 2.24. The van der Waals surface area contributed by atoms with Crippen molar-refractivity contribution in [2.24, 2.45) is 5.16 Å². The highest BCUT2D eigenvalue weighted by molar-refractivity contribution is 6.01. The molecule has 0 aliphatic carbocycles. The van der Waals surface area contributed by atoms with Gasteiger partial charge in [-0.1, -0.05) is 30.6 Å². The molecule has 0 aromatic heterocycles. The van der Waals surface area contributed by atoms with Gasteiger partial charge in [0, 0.05) is 5.56 Å². The number of unbranched alkanes of at least 4 members (excludes halogenated alkanes) is 1. The number of ether oxygens (including phenoxy) is 1. The van der Waals surface area contributed by atoms with E-state index in [4.69, 9.17) is 9.94 Å². The van der Waals surface area contributed by atoms with Crippen LogP contribution in [0.5, 0.6) is 5.75 Å². The lowest BCUT2D eigenvalue weighted by Gasteiger charge is -2.13. The van der Waals surface area contributed by atoms with E-state index in [1.165, 1.54) is 0 Å². The second-order valence-electron chi connectivity index (χ2n) is 3.84. The molecular weight excluding hydrogens is 202 g/mol. The fraction of sp³-hybridized carbons (Fsp3) is 0.462. The average Bonchev–Trinajstić information content (AvgIpc) is 2.30. The first-order chi connectivity index (χ1) is 7.70. The monoisotopic (exact) mass is 221 g/mol. The predicted molar refractivity (Wildman–Crippen MR) is 65.6 cm³/mol. The summed E-state index contributed by atoms with van der Waals surface area (Å²) < 4.78 is 5.74. The summed E-state index contributed by atoms with van der Waals surface area (Å²) in [5, 5.41) is 12.0. The van der Waals surface area contributed by atoms with Crippen LogP contribution < -0.4 is 4.74 Å². The second kappa shape index (κ2) is 6.16. The molecule has 1 rings (SSSR count). The van der Waals surface area contributed by atoms with Gasteiger partial charge in [-0.25, -0.2) is 0 Å². The molecule has 1 aromatic carbocycles. The predicted octanol–water partition coefficient (Wildman–Crippen LogP) is 3.37. The van der Waals surface area contributed by atoms with Gasteiger partial charge in [0.1, 0.15) is 5.75 Å². The first kappa shape index (κ1) is 12.6. The van der Waals surface area contributed by atoms with Gasteiger partial charge in [-0.05, 0) is 31.9 Å². The maximum Gasteiger partial charge on any atom is 0.131 e. The lowest BCUT2D eigenvalue weighted by molar-refractivity contribution is 0.304. The van der Waals surface area contributed by atoms with Gasteiger partial charge >= 0.3 is 0 Å². The Morgan fingerprint density at radius 2 is 2.19 bits per heavy atom. The molecule has 88 valence electrons. The molecular formula is C13H19NO2. The number of benzene rings is 1. The number of hydrogen-bond donors (Lipinski definition) is 1. The van der Waals surface area contributed by atoms with Crippen LogP contribution in [0.15, 0.2) is 23.4 Å². The Bertz CT molecular complexity index is 372. The number of rotatable bonds is 5. The summed E-state index contributed by atoms with van der Waals surface area (Å²) >= 11 is 0. The zero-order chi connectivity index (χ0) is 12.0. The minimum Gasteiger partial charge on any atom is -0.493 e. The van der Waals surface area contributed by atoms with E-state index < -0.39 is 0 Å². The minimum atomic E-state index is 0.579. The zero-order valence-corrected chi connectivity index (χ0v) is 10.2. The van der Waals surface area contributed by atoms with Crippen molar-refractivity contribution in [3.05, 3.63) is 29.3 Å². The SMILES string of the molecule is CCCCOc1c(C)cccc1/C(C)=N/O. The summed E-state index contributed by atoms with van der Waals surface area (Å²) in [5.41, 5.74) is 2.51. The van der Waals surface area contributed by atoms with Crippen LogP contribution >= 0.6 is 0 Å². The molecule has 0 unspecified atom stereocenters. The summed E-state index contributed by atoms with van der Waals surface area (Å²) in [6.07, 6.45) is 2.14. The van der Waals surface area contributed by atoms with E-state index in [9.17, 15) is 0 Å². The van der Waals surface area contributed by atoms with Crippen LogP contribution in [0.3, 0.4) is 0 Å². The second-order valence-corrected chi connectivity index (χ2v) is 3.84. The molecule has 1 N–H and O–H groups in total. The summed E-state index contributed by atoms with van der Waals surface area (Å²) in [5.74, 6) is 0.825. The summed E-state index contributed by atoms with van der Waals surface area (Å²) in [4.78, 5) is 0. The van der Waals surface area contributed by atoms with Crippen LogP contribution in [0, 0.1) is 6.92 Å². The molecule has 0 saturated heterocycles. The molecule has 0 fully saturated rings. The Morgan fingerprint density at radius 1 is 1.44 bits per heavy atom. The molecule has 0 bridgehead atoms. The summed E-state index contributed by atoms with van der Waals surface area (Å²) in [6.45, 7) is 6.59. The van der Waals surface area contributed by atoms with Crippen LogP contribution in [-0.4, -0.2) is 17.5 Å². The number of aryl methyl sites for hydroxylation is 1. The van der Waals surface area contributed by atoms with Gasteiger partial charge in [0.2, 0.25) is 0 Å². The van der Waals surface area contributed by atoms with Crippen molar-refractivity contribution in [3.63, 3.8) is 0 Å². The van der Waals surface area contributed by atoms with E-state index >= 15 is 0 Å². The van der Waals surface area contributed by atoms with E-state index in [1.807, 2.05) is 25.1 Å². The molecule has 3 nitrogen and oxygen atoms in total. The largest absolute Gasteiger partial charge is 0.493 e. The Balaban J connectivity index is 2.95. The van der Waals surface area contributed by atoms with Crippen molar-refractivity contribution in [2.45, 2.75) is 33.6 Å². The van der Waals surface area contributed by atoms with E-state index in [1.54, 1.807) is 6.92 Å². The molecule has 0 aliphatic heterocycles.